The van der Waals surface area contributed by atoms with Gasteiger partial charge in [-0.1, -0.05) is 231 Å². The quantitative estimate of drug-likeness (QED) is 0.134. The number of nitriles is 3. The second-order valence-corrected chi connectivity index (χ2v) is 27.5. The van der Waals surface area contributed by atoms with Crippen LogP contribution in [0.4, 0.5) is 68.2 Å². The molecule has 536 valence electrons. The number of benzene rings is 13. The number of anilines is 9. The van der Waals surface area contributed by atoms with Crippen molar-refractivity contribution in [2.45, 2.75) is 10.8 Å². The summed E-state index contributed by atoms with van der Waals surface area (Å²) in [6, 6.07) is 124. The summed E-state index contributed by atoms with van der Waals surface area (Å²) in [6.45, 7) is 22.7. The molecule has 4 aliphatic heterocycles. The maximum atomic E-state index is 9.26. The van der Waals surface area contributed by atoms with Gasteiger partial charge in [0.15, 0.2) is 11.5 Å². The van der Waals surface area contributed by atoms with Crippen LogP contribution in [0.2, 0.25) is 0 Å². The van der Waals surface area contributed by atoms with E-state index in [4.69, 9.17) is 34.5 Å². The Morgan fingerprint density at radius 2 is 0.522 bits per heavy atom. The lowest BCUT2D eigenvalue weighted by molar-refractivity contribution is 0.434. The van der Waals surface area contributed by atoms with E-state index in [-0.39, 0.29) is 0 Å². The van der Waals surface area contributed by atoms with Crippen LogP contribution in [0, 0.1) is 53.7 Å². The second-order valence-electron chi connectivity index (χ2n) is 27.5. The van der Waals surface area contributed by atoms with Crippen molar-refractivity contribution >= 4 is 68.2 Å². The van der Waals surface area contributed by atoms with E-state index < -0.39 is 10.8 Å². The molecule has 0 fully saturated rings. The second kappa shape index (κ2) is 29.7. The van der Waals surface area contributed by atoms with E-state index in [2.05, 4.69) is 275 Å². The Balaban J connectivity index is 0.000000122. The minimum Gasteiger partial charge on any atom is -0.457 e. The Labute approximate surface area is 664 Å². The smallest absolute Gasteiger partial charge is 0.214 e. The van der Waals surface area contributed by atoms with Gasteiger partial charge in [0.25, 0.3) is 0 Å². The Morgan fingerprint density at radius 3 is 0.835 bits per heavy atom. The largest absolute Gasteiger partial charge is 0.457 e. The number of aromatic nitrogens is 3. The van der Waals surface area contributed by atoms with Crippen molar-refractivity contribution in [2.24, 2.45) is 0 Å². The lowest BCUT2D eigenvalue weighted by Crippen LogP contribution is -2.39. The Hall–Kier alpha value is -16.8. The van der Waals surface area contributed by atoms with Gasteiger partial charge in [-0.25, -0.2) is 14.5 Å². The van der Waals surface area contributed by atoms with Crippen molar-refractivity contribution < 1.29 is 9.47 Å². The number of para-hydroxylation sites is 10. The zero-order valence-electron chi connectivity index (χ0n) is 61.3. The fourth-order valence-electron chi connectivity index (χ4n) is 16.5. The zero-order chi connectivity index (χ0) is 78.0. The highest BCUT2D eigenvalue weighted by Crippen LogP contribution is 2.64. The van der Waals surface area contributed by atoms with Crippen LogP contribution in [0.3, 0.4) is 0 Å². The molecule has 0 N–H and O–H groups in total. The molecule has 4 aliphatic rings. The zero-order valence-corrected chi connectivity index (χ0v) is 61.3. The molecule has 13 aromatic carbocycles. The third-order valence-corrected chi connectivity index (χ3v) is 21.4. The molecule has 0 aliphatic carbocycles. The first-order valence-corrected chi connectivity index (χ1v) is 37.0. The third-order valence-electron chi connectivity index (χ3n) is 21.4. The molecule has 14 nitrogen and oxygen atoms in total. The molecule has 20 rings (SSSR count). The summed E-state index contributed by atoms with van der Waals surface area (Å²) in [5.74, 6) is 3.30. The average Bonchev–Trinajstić information content (AvgIpc) is 0.742. The van der Waals surface area contributed by atoms with Crippen LogP contribution >= 0.6 is 0 Å². The maximum Gasteiger partial charge on any atom is 0.214 e. The van der Waals surface area contributed by atoms with Crippen molar-refractivity contribution in [3.8, 4) is 75.0 Å². The lowest BCUT2D eigenvalue weighted by Gasteiger charge is -2.48. The van der Waals surface area contributed by atoms with Crippen LogP contribution in [0.1, 0.15) is 61.2 Å². The van der Waals surface area contributed by atoms with Gasteiger partial charge in [0.1, 0.15) is 11.5 Å². The number of fused-ring (bicyclic) bond motifs is 12. The standard InChI is InChI=1S/C38H22N4O.C38H24N4.C25H14N4O/c1-40-32-22-25(23-39)24-41-37(32)26-18-20-27(21-19-26)42-33-14-6-2-10-28(33)38(29-11-3-7-15-34(29)42)30-12-4-8-16-35(30)43-36-17-9-5-13-31(36)38;1-40-34-24-27(25-39)26-41-37(34)28-20-22-31(23-21-28)42-35-18-10-8-16-32(35)38(29-12-4-2-5-13-29,30-14-6-3-7-15-30)33-17-9-11-19-36(33)42;1-27-20-14-17(15-26)16-28-25(20)18-10-12-19(13-11-18)29-21-6-2-4-8-23(21)30-24-9-5-3-7-22(24)29/h2-22,24H;2-24,26H;2-14,16H. The van der Waals surface area contributed by atoms with Gasteiger partial charge in [0, 0.05) is 46.8 Å². The summed E-state index contributed by atoms with van der Waals surface area (Å²) in [5, 5.41) is 27.6. The van der Waals surface area contributed by atoms with Crippen molar-refractivity contribution in [1.82, 2.24) is 15.0 Å². The molecule has 0 atom stereocenters. The Bertz CT molecular complexity index is 6560. The molecule has 0 unspecified atom stereocenters. The van der Waals surface area contributed by atoms with Crippen LogP contribution in [0.5, 0.6) is 23.0 Å². The fourth-order valence-corrected chi connectivity index (χ4v) is 16.5. The predicted molar refractivity (Wildman–Crippen MR) is 450 cm³/mol. The average molecular weight is 1470 g/mol. The Kier molecular flexibility index (Phi) is 18.1. The highest BCUT2D eigenvalue weighted by Gasteiger charge is 2.51. The summed E-state index contributed by atoms with van der Waals surface area (Å²) in [4.78, 5) is 30.8. The molecule has 0 amide bonds. The molecule has 7 heterocycles. The number of hydrogen-bond acceptors (Lipinski definition) is 11. The number of nitrogens with zero attached hydrogens (tertiary/aromatic N) is 12. The molecule has 1 spiro atoms. The number of rotatable bonds is 8. The fraction of sp³-hybridized carbons (Fsp3) is 0.0198. The first-order chi connectivity index (χ1) is 56.8. The minimum atomic E-state index is -0.577. The lowest BCUT2D eigenvalue weighted by atomic mass is 9.61. The van der Waals surface area contributed by atoms with Gasteiger partial charge >= 0.3 is 0 Å². The van der Waals surface area contributed by atoms with E-state index in [1.807, 2.05) is 115 Å². The van der Waals surface area contributed by atoms with Gasteiger partial charge in [0.2, 0.25) is 17.1 Å². The first-order valence-electron chi connectivity index (χ1n) is 37.0. The van der Waals surface area contributed by atoms with E-state index in [0.717, 1.165) is 102 Å². The van der Waals surface area contributed by atoms with Crippen LogP contribution in [0.15, 0.2) is 364 Å². The summed E-state index contributed by atoms with van der Waals surface area (Å²) in [7, 11) is 0. The van der Waals surface area contributed by atoms with Gasteiger partial charge < -0.3 is 24.2 Å². The van der Waals surface area contributed by atoms with E-state index in [0.29, 0.717) is 50.8 Å². The normalized spacial score (nSPS) is 12.7. The number of pyridine rings is 3. The molecule has 115 heavy (non-hydrogen) atoms. The third kappa shape index (κ3) is 11.9. The molecular weight excluding hydrogens is 1410 g/mol. The number of hydrogen-bond donors (Lipinski definition) is 0. The molecular formula is C101H60N12O2. The predicted octanol–water partition coefficient (Wildman–Crippen LogP) is 25.5. The Morgan fingerprint density at radius 1 is 0.270 bits per heavy atom. The van der Waals surface area contributed by atoms with E-state index in [1.54, 1.807) is 18.2 Å². The highest BCUT2D eigenvalue weighted by atomic mass is 16.5. The topological polar surface area (TPSA) is 151 Å². The molecule has 14 heteroatoms. The van der Waals surface area contributed by atoms with Gasteiger partial charge in [-0.15, -0.1) is 0 Å². The molecule has 0 saturated carbocycles. The number of ether oxygens (including phenoxy) is 2. The molecule has 3 aromatic heterocycles. The molecule has 16 aromatic rings. The van der Waals surface area contributed by atoms with E-state index in [1.165, 1.54) is 52.0 Å². The van der Waals surface area contributed by atoms with Crippen molar-refractivity contribution in [3.05, 3.63) is 460 Å². The SMILES string of the molecule is [C-]#[N+]c1cc(C#N)cnc1-c1ccc(N2c3ccccc3C(c3ccccc3)(c3ccccc3)c3ccccc32)cc1.[C-]#[N+]c1cc(C#N)cnc1-c1ccc(N2c3ccccc3C3(c4ccccc4Oc4ccccc43)c3ccccc32)cc1.[C-]#[N+]c1cc(C#N)cnc1-c1ccc(N2c3ccccc3Oc3ccccc32)cc1. The molecule has 0 radical (unpaired) electrons. The van der Waals surface area contributed by atoms with Crippen molar-refractivity contribution in [3.63, 3.8) is 0 Å². The van der Waals surface area contributed by atoms with Crippen LogP contribution in [-0.2, 0) is 10.8 Å². The van der Waals surface area contributed by atoms with Gasteiger partial charge in [0.05, 0.1) is 117 Å². The summed E-state index contributed by atoms with van der Waals surface area (Å²) in [5.41, 5.74) is 24.0. The van der Waals surface area contributed by atoms with Crippen LogP contribution in [-0.4, -0.2) is 15.0 Å². The van der Waals surface area contributed by atoms with E-state index >= 15 is 0 Å². The van der Waals surface area contributed by atoms with Crippen molar-refractivity contribution in [1.29, 1.82) is 15.8 Å². The first kappa shape index (κ1) is 70.0. The van der Waals surface area contributed by atoms with E-state index in [9.17, 15) is 10.5 Å². The van der Waals surface area contributed by atoms with Crippen LogP contribution < -0.4 is 24.2 Å². The van der Waals surface area contributed by atoms with Crippen molar-refractivity contribution in [2.75, 3.05) is 14.7 Å². The van der Waals surface area contributed by atoms with Gasteiger partial charge in [-0.3, -0.25) is 15.0 Å². The molecule has 0 bridgehead atoms. The van der Waals surface area contributed by atoms with Gasteiger partial charge in [-0.2, -0.15) is 15.8 Å². The molecule has 0 saturated heterocycles. The summed E-state index contributed by atoms with van der Waals surface area (Å²) >= 11 is 0. The monoisotopic (exact) mass is 1470 g/mol. The van der Waals surface area contributed by atoms with Gasteiger partial charge in [-0.05, 0) is 165 Å². The summed E-state index contributed by atoms with van der Waals surface area (Å²) in [6.07, 6.45) is 4.52. The van der Waals surface area contributed by atoms with Crippen LogP contribution in [0.25, 0.3) is 48.3 Å². The highest BCUT2D eigenvalue weighted by molar-refractivity contribution is 5.94. The summed E-state index contributed by atoms with van der Waals surface area (Å²) < 4.78 is 12.5. The minimum absolute atomic E-state index is 0.360. The maximum absolute atomic E-state index is 9.26.